The van der Waals surface area contributed by atoms with Crippen LogP contribution in [0.5, 0.6) is 0 Å². The second-order valence-corrected chi connectivity index (χ2v) is 5.39. The fourth-order valence-electron chi connectivity index (χ4n) is 2.32. The molecule has 112 valence electrons. The van der Waals surface area contributed by atoms with Crippen LogP contribution in [0.4, 0.5) is 0 Å². The second-order valence-electron chi connectivity index (χ2n) is 5.39. The Morgan fingerprint density at radius 3 is 2.57 bits per heavy atom. The molecule has 2 aromatic rings. The average molecular weight is 285 g/mol. The highest BCUT2D eigenvalue weighted by atomic mass is 16.2. The minimum absolute atomic E-state index is 0.131. The number of benzene rings is 1. The smallest absolute Gasteiger partial charge is 0.245 e. The Kier molecular flexibility index (Phi) is 5.14. The molecule has 0 aliphatic carbocycles. The Hall–Kier alpha value is -2.10. The van der Waals surface area contributed by atoms with E-state index in [4.69, 9.17) is 0 Å². The van der Waals surface area contributed by atoms with Crippen LogP contribution in [0.15, 0.2) is 49.1 Å². The van der Waals surface area contributed by atoms with E-state index in [1.807, 2.05) is 40.8 Å². The molecule has 4 nitrogen and oxygen atoms in total. The molecule has 21 heavy (non-hydrogen) atoms. The number of carbonyl (C=O) groups is 1. The van der Waals surface area contributed by atoms with Gasteiger partial charge in [0.1, 0.15) is 6.04 Å². The minimum Gasteiger partial charge on any atom is -0.334 e. The maximum atomic E-state index is 12.8. The Bertz CT molecular complexity index is 551. The lowest BCUT2D eigenvalue weighted by Crippen LogP contribution is -2.41. The van der Waals surface area contributed by atoms with Gasteiger partial charge in [-0.25, -0.2) is 4.98 Å². The molecule has 0 aliphatic heterocycles. The lowest BCUT2D eigenvalue weighted by Gasteiger charge is -2.31. The topological polar surface area (TPSA) is 38.1 Å². The molecule has 0 saturated carbocycles. The first-order valence-corrected chi connectivity index (χ1v) is 7.45. The fraction of sp³-hybridized carbons (Fsp3) is 0.412. The zero-order chi connectivity index (χ0) is 15.2. The molecule has 1 aromatic heterocycles. The van der Waals surface area contributed by atoms with Crippen LogP contribution in [0.3, 0.4) is 0 Å². The third kappa shape index (κ3) is 3.72. The summed E-state index contributed by atoms with van der Waals surface area (Å²) in [7, 11) is 0. The van der Waals surface area contributed by atoms with Gasteiger partial charge in [0.15, 0.2) is 0 Å². The molecule has 1 heterocycles. The van der Waals surface area contributed by atoms with Gasteiger partial charge in [-0.3, -0.25) is 4.79 Å². The van der Waals surface area contributed by atoms with Gasteiger partial charge in [0.25, 0.3) is 0 Å². The van der Waals surface area contributed by atoms with E-state index in [0.29, 0.717) is 6.54 Å². The fourth-order valence-corrected chi connectivity index (χ4v) is 2.32. The van der Waals surface area contributed by atoms with Crippen molar-refractivity contribution in [3.8, 4) is 0 Å². The van der Waals surface area contributed by atoms with E-state index in [2.05, 4.69) is 31.0 Å². The molecule has 0 spiro atoms. The summed E-state index contributed by atoms with van der Waals surface area (Å²) in [6.07, 6.45) is 6.17. The van der Waals surface area contributed by atoms with Gasteiger partial charge in [0.05, 0.1) is 6.33 Å². The lowest BCUT2D eigenvalue weighted by molar-refractivity contribution is -0.137. The SMILES string of the molecule is CC[C@H](C)N(Cc1ccccc1)C(=O)[C@H](C)n1ccnc1. The predicted molar refractivity (Wildman–Crippen MR) is 83.7 cm³/mol. The molecular weight excluding hydrogens is 262 g/mol. The molecule has 0 unspecified atom stereocenters. The number of carbonyl (C=O) groups excluding carboxylic acids is 1. The van der Waals surface area contributed by atoms with Crippen molar-refractivity contribution in [2.45, 2.75) is 45.8 Å². The van der Waals surface area contributed by atoms with E-state index >= 15 is 0 Å². The number of rotatable bonds is 6. The standard InChI is InChI=1S/C17H23N3O/c1-4-14(2)20(12-16-8-6-5-7-9-16)17(21)15(3)19-11-10-18-13-19/h5-11,13-15H,4,12H2,1-3H3/t14-,15-/m0/s1. The summed E-state index contributed by atoms with van der Waals surface area (Å²) in [5.74, 6) is 0.131. The molecule has 1 amide bonds. The van der Waals surface area contributed by atoms with Crippen molar-refractivity contribution in [2.24, 2.45) is 0 Å². The first kappa shape index (κ1) is 15.3. The normalized spacial score (nSPS) is 13.7. The Morgan fingerprint density at radius 2 is 2.00 bits per heavy atom. The molecule has 2 atom stereocenters. The van der Waals surface area contributed by atoms with Crippen LogP contribution in [-0.2, 0) is 11.3 Å². The first-order chi connectivity index (χ1) is 10.1. The maximum absolute atomic E-state index is 12.8. The van der Waals surface area contributed by atoms with Crippen LogP contribution in [0.1, 0.15) is 38.8 Å². The van der Waals surface area contributed by atoms with Gasteiger partial charge in [-0.2, -0.15) is 0 Å². The summed E-state index contributed by atoms with van der Waals surface area (Å²) >= 11 is 0. The number of aromatic nitrogens is 2. The highest BCUT2D eigenvalue weighted by Gasteiger charge is 2.25. The molecular formula is C17H23N3O. The zero-order valence-corrected chi connectivity index (χ0v) is 12.9. The number of nitrogens with zero attached hydrogens (tertiary/aromatic N) is 3. The van der Waals surface area contributed by atoms with Crippen molar-refractivity contribution in [1.29, 1.82) is 0 Å². The Morgan fingerprint density at radius 1 is 1.29 bits per heavy atom. The van der Waals surface area contributed by atoms with Crippen LogP contribution in [0.2, 0.25) is 0 Å². The van der Waals surface area contributed by atoms with Gasteiger partial charge in [-0.05, 0) is 25.8 Å². The van der Waals surface area contributed by atoms with Gasteiger partial charge in [-0.15, -0.1) is 0 Å². The van der Waals surface area contributed by atoms with Crippen molar-refractivity contribution >= 4 is 5.91 Å². The van der Waals surface area contributed by atoms with Gasteiger partial charge in [-0.1, -0.05) is 37.3 Å². The molecule has 1 aromatic carbocycles. The molecule has 2 rings (SSSR count). The summed E-state index contributed by atoms with van der Waals surface area (Å²) in [6, 6.07) is 10.1. The summed E-state index contributed by atoms with van der Waals surface area (Å²) in [4.78, 5) is 18.8. The van der Waals surface area contributed by atoms with Crippen molar-refractivity contribution < 1.29 is 4.79 Å². The molecule has 0 N–H and O–H groups in total. The molecule has 0 saturated heterocycles. The third-order valence-corrected chi connectivity index (χ3v) is 3.93. The molecule has 4 heteroatoms. The lowest BCUT2D eigenvalue weighted by atomic mass is 10.1. The minimum atomic E-state index is -0.231. The van der Waals surface area contributed by atoms with E-state index in [9.17, 15) is 4.79 Å². The molecule has 0 radical (unpaired) electrons. The molecule has 0 bridgehead atoms. The van der Waals surface area contributed by atoms with Crippen molar-refractivity contribution in [1.82, 2.24) is 14.5 Å². The summed E-state index contributed by atoms with van der Waals surface area (Å²) < 4.78 is 1.85. The van der Waals surface area contributed by atoms with Crippen molar-refractivity contribution in [2.75, 3.05) is 0 Å². The monoisotopic (exact) mass is 285 g/mol. The van der Waals surface area contributed by atoms with Crippen LogP contribution in [-0.4, -0.2) is 26.4 Å². The van der Waals surface area contributed by atoms with Gasteiger partial charge >= 0.3 is 0 Å². The summed E-state index contributed by atoms with van der Waals surface area (Å²) in [6.45, 7) is 6.78. The summed E-state index contributed by atoms with van der Waals surface area (Å²) in [5, 5.41) is 0. The van der Waals surface area contributed by atoms with Gasteiger partial charge in [0.2, 0.25) is 5.91 Å². The largest absolute Gasteiger partial charge is 0.334 e. The van der Waals surface area contributed by atoms with Crippen molar-refractivity contribution in [3.63, 3.8) is 0 Å². The van der Waals surface area contributed by atoms with Crippen molar-refractivity contribution in [3.05, 3.63) is 54.6 Å². The Balaban J connectivity index is 2.17. The first-order valence-electron chi connectivity index (χ1n) is 7.45. The van der Waals surface area contributed by atoms with Crippen LogP contribution < -0.4 is 0 Å². The van der Waals surface area contributed by atoms with Crippen LogP contribution >= 0.6 is 0 Å². The highest BCUT2D eigenvalue weighted by Crippen LogP contribution is 2.17. The molecule has 0 fully saturated rings. The average Bonchev–Trinajstić information content (AvgIpc) is 3.06. The summed E-state index contributed by atoms with van der Waals surface area (Å²) in [5.41, 5.74) is 1.16. The van der Waals surface area contributed by atoms with Crippen LogP contribution in [0.25, 0.3) is 0 Å². The van der Waals surface area contributed by atoms with E-state index in [1.165, 1.54) is 0 Å². The quantitative estimate of drug-likeness (QED) is 0.817. The number of hydrogen-bond donors (Lipinski definition) is 0. The second kappa shape index (κ2) is 7.07. The van der Waals surface area contributed by atoms with Gasteiger partial charge in [0, 0.05) is 25.0 Å². The van der Waals surface area contributed by atoms with E-state index < -0.39 is 0 Å². The highest BCUT2D eigenvalue weighted by molar-refractivity contribution is 5.80. The van der Waals surface area contributed by atoms with Gasteiger partial charge < -0.3 is 9.47 Å². The predicted octanol–water partition coefficient (Wildman–Crippen LogP) is 3.27. The van der Waals surface area contributed by atoms with Crippen LogP contribution in [0, 0.1) is 0 Å². The van der Waals surface area contributed by atoms with E-state index in [0.717, 1.165) is 12.0 Å². The zero-order valence-electron chi connectivity index (χ0n) is 12.9. The van der Waals surface area contributed by atoms with E-state index in [-0.39, 0.29) is 18.0 Å². The Labute approximate surface area is 126 Å². The maximum Gasteiger partial charge on any atom is 0.245 e. The van der Waals surface area contributed by atoms with E-state index in [1.54, 1.807) is 12.5 Å². The number of hydrogen-bond acceptors (Lipinski definition) is 2. The molecule has 0 aliphatic rings. The number of imidazole rings is 1. The third-order valence-electron chi connectivity index (χ3n) is 3.93. The number of amides is 1.